The van der Waals surface area contributed by atoms with Crippen LogP contribution in [0.3, 0.4) is 0 Å². The predicted molar refractivity (Wildman–Crippen MR) is 78.0 cm³/mol. The Hall–Kier alpha value is -1.17. The molecule has 1 N–H and O–H groups in total. The van der Waals surface area contributed by atoms with Gasteiger partial charge in [-0.2, -0.15) is 0 Å². The van der Waals surface area contributed by atoms with Crippen molar-refractivity contribution in [3.8, 4) is 0 Å². The fourth-order valence-electron chi connectivity index (χ4n) is 2.54. The molecule has 0 amide bonds. The summed E-state index contributed by atoms with van der Waals surface area (Å²) in [5, 5.41) is 14.8. The summed E-state index contributed by atoms with van der Waals surface area (Å²) in [6.45, 7) is 4.11. The highest BCUT2D eigenvalue weighted by Gasteiger charge is 2.22. The molecule has 0 aromatic heterocycles. The first-order valence-corrected chi connectivity index (χ1v) is 7.20. The minimum Gasteiger partial charge on any atom is -0.381 e. The van der Waals surface area contributed by atoms with Crippen LogP contribution in [0.15, 0.2) is 18.2 Å². The molecule has 1 fully saturated rings. The second-order valence-corrected chi connectivity index (χ2v) is 5.52. The molecule has 2 rings (SSSR count). The van der Waals surface area contributed by atoms with Gasteiger partial charge in [0.2, 0.25) is 0 Å². The van der Waals surface area contributed by atoms with Crippen LogP contribution in [0.2, 0.25) is 5.02 Å². The molecule has 0 saturated carbocycles. The first kappa shape index (κ1) is 15.2. The number of rotatable bonds is 5. The lowest BCUT2D eigenvalue weighted by molar-refractivity contribution is -0.385. The van der Waals surface area contributed by atoms with Crippen molar-refractivity contribution in [1.29, 1.82) is 0 Å². The van der Waals surface area contributed by atoms with Gasteiger partial charge in [-0.25, -0.2) is 0 Å². The van der Waals surface area contributed by atoms with E-state index < -0.39 is 0 Å². The van der Waals surface area contributed by atoms with Gasteiger partial charge >= 0.3 is 0 Å². The minimum absolute atomic E-state index is 0.0733. The van der Waals surface area contributed by atoms with Crippen LogP contribution in [0.25, 0.3) is 0 Å². The smallest absolute Gasteiger partial charge is 0.275 e. The van der Waals surface area contributed by atoms with Crippen molar-refractivity contribution in [2.24, 2.45) is 5.92 Å². The zero-order valence-electron chi connectivity index (χ0n) is 11.5. The third kappa shape index (κ3) is 3.69. The molecule has 1 saturated heterocycles. The Bertz CT molecular complexity index is 475. The molecule has 20 heavy (non-hydrogen) atoms. The Morgan fingerprint density at radius 3 is 2.85 bits per heavy atom. The van der Waals surface area contributed by atoms with Gasteiger partial charge in [-0.15, -0.1) is 0 Å². The third-order valence-corrected chi connectivity index (χ3v) is 4.22. The van der Waals surface area contributed by atoms with Gasteiger partial charge in [0.05, 0.1) is 15.5 Å². The Labute approximate surface area is 123 Å². The Morgan fingerprint density at radius 2 is 2.20 bits per heavy atom. The fraction of sp³-hybridized carbons (Fsp3) is 0.571. The van der Waals surface area contributed by atoms with E-state index >= 15 is 0 Å². The maximum absolute atomic E-state index is 11.0. The van der Waals surface area contributed by atoms with Crippen LogP contribution in [0.5, 0.6) is 0 Å². The molecule has 1 aliphatic heterocycles. The standard InChI is InChI=1S/C14H19ClN2O3/c1-10(11-5-7-20-8-6-11)16-9-12-13(15)3-2-4-14(12)17(18)19/h2-4,10-11,16H,5-9H2,1H3. The molecule has 1 aromatic carbocycles. The number of nitrogens with zero attached hydrogens (tertiary/aromatic N) is 1. The number of nitro groups is 1. The topological polar surface area (TPSA) is 64.4 Å². The van der Waals surface area contributed by atoms with Crippen molar-refractivity contribution in [2.75, 3.05) is 13.2 Å². The summed E-state index contributed by atoms with van der Waals surface area (Å²) in [4.78, 5) is 10.6. The van der Waals surface area contributed by atoms with Crippen molar-refractivity contribution < 1.29 is 9.66 Å². The number of nitrogens with one attached hydrogen (secondary N) is 1. The number of halogens is 1. The number of hydrogen-bond donors (Lipinski definition) is 1. The zero-order valence-corrected chi connectivity index (χ0v) is 12.2. The first-order chi connectivity index (χ1) is 9.59. The second kappa shape index (κ2) is 7.02. The molecule has 110 valence electrons. The summed E-state index contributed by atoms with van der Waals surface area (Å²) in [7, 11) is 0. The summed E-state index contributed by atoms with van der Waals surface area (Å²) in [5.41, 5.74) is 0.627. The average Bonchev–Trinajstić information content (AvgIpc) is 2.46. The van der Waals surface area contributed by atoms with Crippen LogP contribution in [0, 0.1) is 16.0 Å². The Morgan fingerprint density at radius 1 is 1.50 bits per heavy atom. The highest BCUT2D eigenvalue weighted by Crippen LogP contribution is 2.27. The first-order valence-electron chi connectivity index (χ1n) is 6.82. The van der Waals surface area contributed by atoms with Crippen molar-refractivity contribution in [3.63, 3.8) is 0 Å². The maximum atomic E-state index is 11.0. The van der Waals surface area contributed by atoms with Crippen molar-refractivity contribution in [2.45, 2.75) is 32.4 Å². The Kier molecular flexibility index (Phi) is 5.34. The van der Waals surface area contributed by atoms with E-state index in [2.05, 4.69) is 12.2 Å². The van der Waals surface area contributed by atoms with E-state index in [1.165, 1.54) is 6.07 Å². The van der Waals surface area contributed by atoms with Crippen molar-refractivity contribution >= 4 is 17.3 Å². The van der Waals surface area contributed by atoms with E-state index in [9.17, 15) is 10.1 Å². The van der Waals surface area contributed by atoms with E-state index in [0.717, 1.165) is 26.1 Å². The molecule has 1 aromatic rings. The lowest BCUT2D eigenvalue weighted by Crippen LogP contribution is -2.36. The second-order valence-electron chi connectivity index (χ2n) is 5.11. The summed E-state index contributed by atoms with van der Waals surface area (Å²) in [5.74, 6) is 0.547. The monoisotopic (exact) mass is 298 g/mol. The minimum atomic E-state index is -0.387. The van der Waals surface area contributed by atoms with Gasteiger partial charge in [-0.3, -0.25) is 10.1 Å². The lowest BCUT2D eigenvalue weighted by Gasteiger charge is -2.28. The average molecular weight is 299 g/mol. The van der Waals surface area contributed by atoms with Gasteiger partial charge in [0.15, 0.2) is 0 Å². The number of nitro benzene ring substituents is 1. The maximum Gasteiger partial charge on any atom is 0.275 e. The zero-order chi connectivity index (χ0) is 14.5. The summed E-state index contributed by atoms with van der Waals surface area (Å²) in [6, 6.07) is 5.06. The molecule has 0 bridgehead atoms. The summed E-state index contributed by atoms with van der Waals surface area (Å²) < 4.78 is 5.34. The molecule has 5 nitrogen and oxygen atoms in total. The van der Waals surface area contributed by atoms with Crippen molar-refractivity contribution in [3.05, 3.63) is 38.9 Å². The van der Waals surface area contributed by atoms with Crippen LogP contribution in [-0.2, 0) is 11.3 Å². The van der Waals surface area contributed by atoms with E-state index in [0.29, 0.717) is 23.0 Å². The number of hydrogen-bond acceptors (Lipinski definition) is 4. The van der Waals surface area contributed by atoms with Crippen molar-refractivity contribution in [1.82, 2.24) is 5.32 Å². The van der Waals surface area contributed by atoms with Crippen LogP contribution < -0.4 is 5.32 Å². The molecule has 6 heteroatoms. The lowest BCUT2D eigenvalue weighted by atomic mass is 9.93. The SMILES string of the molecule is CC(NCc1c(Cl)cccc1[N+](=O)[O-])C1CCOCC1. The molecule has 0 aliphatic carbocycles. The Balaban J connectivity index is 2.01. The number of ether oxygens (including phenoxy) is 1. The highest BCUT2D eigenvalue weighted by molar-refractivity contribution is 6.31. The van der Waals surface area contributed by atoms with Gasteiger partial charge < -0.3 is 10.1 Å². The van der Waals surface area contributed by atoms with Gasteiger partial charge in [0.25, 0.3) is 5.69 Å². The fourth-order valence-corrected chi connectivity index (χ4v) is 2.78. The molecule has 1 aliphatic rings. The normalized spacial score (nSPS) is 17.9. The molecular formula is C14H19ClN2O3. The molecule has 0 radical (unpaired) electrons. The van der Waals surface area contributed by atoms with Crippen LogP contribution in [0.4, 0.5) is 5.69 Å². The van der Waals surface area contributed by atoms with Gasteiger partial charge in [-0.05, 0) is 31.7 Å². The molecule has 0 spiro atoms. The van der Waals surface area contributed by atoms with Crippen LogP contribution >= 0.6 is 11.6 Å². The van der Waals surface area contributed by atoms with Gasteiger partial charge in [0, 0.05) is 31.9 Å². The van der Waals surface area contributed by atoms with Gasteiger partial charge in [0.1, 0.15) is 0 Å². The van der Waals surface area contributed by atoms with E-state index in [-0.39, 0.29) is 16.7 Å². The molecule has 1 atom stereocenters. The van der Waals surface area contributed by atoms with Crippen LogP contribution in [-0.4, -0.2) is 24.2 Å². The third-order valence-electron chi connectivity index (χ3n) is 3.86. The quantitative estimate of drug-likeness (QED) is 0.670. The molecular weight excluding hydrogens is 280 g/mol. The van der Waals surface area contributed by atoms with Gasteiger partial charge in [-0.1, -0.05) is 17.7 Å². The van der Waals surface area contributed by atoms with E-state index in [1.807, 2.05) is 0 Å². The predicted octanol–water partition coefficient (Wildman–Crippen LogP) is 3.15. The molecule has 1 heterocycles. The molecule has 1 unspecified atom stereocenters. The summed E-state index contributed by atoms with van der Waals surface area (Å²) >= 11 is 6.08. The van der Waals surface area contributed by atoms with E-state index in [4.69, 9.17) is 16.3 Å². The highest BCUT2D eigenvalue weighted by atomic mass is 35.5. The number of benzene rings is 1. The van der Waals surface area contributed by atoms with E-state index in [1.54, 1.807) is 12.1 Å². The largest absolute Gasteiger partial charge is 0.381 e. The summed E-state index contributed by atoms with van der Waals surface area (Å²) in [6.07, 6.45) is 2.05. The van der Waals surface area contributed by atoms with Crippen LogP contribution in [0.1, 0.15) is 25.3 Å².